The van der Waals surface area contributed by atoms with Crippen LogP contribution in [0.1, 0.15) is 6.42 Å². The van der Waals surface area contributed by atoms with Gasteiger partial charge in [-0.1, -0.05) is 12.1 Å². The number of carboxylic acid groups (broad SMARTS) is 1. The van der Waals surface area contributed by atoms with E-state index >= 15 is 0 Å². The summed E-state index contributed by atoms with van der Waals surface area (Å²) < 4.78 is 0. The number of carbonyl (C=O) groups excluding carboxylic acids is 1. The summed E-state index contributed by atoms with van der Waals surface area (Å²) in [4.78, 5) is 25.3. The largest absolute Gasteiger partial charge is 0.481 e. The molecule has 2 rings (SSSR count). The number of carbonyl (C=O) groups is 2. The highest BCUT2D eigenvalue weighted by atomic mass is 32.2. The van der Waals surface area contributed by atoms with E-state index in [2.05, 4.69) is 0 Å². The van der Waals surface area contributed by atoms with Crippen molar-refractivity contribution in [3.05, 3.63) is 24.3 Å². The number of nitrogens with zero attached hydrogens (tertiary/aromatic N) is 1. The van der Waals surface area contributed by atoms with E-state index < -0.39 is 11.9 Å². The van der Waals surface area contributed by atoms with Crippen LogP contribution in [0, 0.1) is 5.92 Å². The van der Waals surface area contributed by atoms with E-state index in [1.54, 1.807) is 16.7 Å². The molecule has 1 aliphatic rings. The summed E-state index contributed by atoms with van der Waals surface area (Å²) in [5.41, 5.74) is 0.814. The number of anilines is 1. The second kappa shape index (κ2) is 4.79. The van der Waals surface area contributed by atoms with Crippen molar-refractivity contribution in [1.29, 1.82) is 0 Å². The predicted octanol–water partition coefficient (Wildman–Crippen LogP) is 1.85. The number of aliphatic carboxylic acids is 1. The van der Waals surface area contributed by atoms with Crippen molar-refractivity contribution < 1.29 is 14.7 Å². The number of thioether (sulfide) groups is 1. The zero-order valence-electron chi connectivity index (χ0n) is 9.42. The quantitative estimate of drug-likeness (QED) is 0.833. The maximum atomic E-state index is 11.8. The standard InChI is InChI=1S/C12H13NO3S/c1-17-10-5-3-2-4-9(10)13-7-8(12(15)16)6-11(13)14/h2-5,8H,6-7H2,1H3,(H,15,16)/t8-/m0/s1. The molecule has 1 N–H and O–H groups in total. The molecule has 5 heteroatoms. The molecular weight excluding hydrogens is 238 g/mol. The van der Waals surface area contributed by atoms with Crippen LogP contribution >= 0.6 is 11.8 Å². The topological polar surface area (TPSA) is 57.6 Å². The summed E-state index contributed by atoms with van der Waals surface area (Å²) in [5, 5.41) is 8.94. The van der Waals surface area contributed by atoms with Crippen LogP contribution in [0.3, 0.4) is 0 Å². The van der Waals surface area contributed by atoms with Gasteiger partial charge in [0.1, 0.15) is 0 Å². The first-order chi connectivity index (χ1) is 8.13. The Morgan fingerprint density at radius 2 is 2.18 bits per heavy atom. The summed E-state index contributed by atoms with van der Waals surface area (Å²) in [6, 6.07) is 7.55. The van der Waals surface area contributed by atoms with E-state index in [0.717, 1.165) is 10.6 Å². The normalized spacial score (nSPS) is 19.7. The Bertz CT molecular complexity index is 461. The van der Waals surface area contributed by atoms with Gasteiger partial charge in [0.25, 0.3) is 0 Å². The third kappa shape index (κ3) is 2.29. The SMILES string of the molecule is CSc1ccccc1N1C[C@@H](C(=O)O)CC1=O. The fourth-order valence-corrected chi connectivity index (χ4v) is 2.56. The molecule has 0 aromatic heterocycles. The molecule has 1 aromatic rings. The van der Waals surface area contributed by atoms with Crippen LogP contribution in [-0.4, -0.2) is 29.8 Å². The van der Waals surface area contributed by atoms with Gasteiger partial charge < -0.3 is 10.0 Å². The van der Waals surface area contributed by atoms with Crippen molar-refractivity contribution in [2.24, 2.45) is 5.92 Å². The first kappa shape index (κ1) is 12.0. The zero-order chi connectivity index (χ0) is 12.4. The minimum atomic E-state index is -0.900. The number of carboxylic acids is 1. The van der Waals surface area contributed by atoms with Crippen LogP contribution in [0.5, 0.6) is 0 Å². The van der Waals surface area contributed by atoms with E-state index in [4.69, 9.17) is 5.11 Å². The molecule has 1 fully saturated rings. The maximum Gasteiger partial charge on any atom is 0.308 e. The highest BCUT2D eigenvalue weighted by molar-refractivity contribution is 7.98. The van der Waals surface area contributed by atoms with Gasteiger partial charge in [0, 0.05) is 17.9 Å². The van der Waals surface area contributed by atoms with E-state index in [-0.39, 0.29) is 18.9 Å². The van der Waals surface area contributed by atoms with Crippen molar-refractivity contribution in [1.82, 2.24) is 0 Å². The second-order valence-electron chi connectivity index (χ2n) is 3.92. The van der Waals surface area contributed by atoms with Gasteiger partial charge in [-0.3, -0.25) is 9.59 Å². The van der Waals surface area contributed by atoms with Crippen LogP contribution < -0.4 is 4.90 Å². The molecule has 1 aromatic carbocycles. The summed E-state index contributed by atoms with van der Waals surface area (Å²) >= 11 is 1.55. The molecule has 0 radical (unpaired) electrons. The van der Waals surface area contributed by atoms with Crippen LogP contribution in [0.15, 0.2) is 29.2 Å². The number of rotatable bonds is 3. The fraction of sp³-hybridized carbons (Fsp3) is 0.333. The van der Waals surface area contributed by atoms with Crippen molar-refractivity contribution in [3.63, 3.8) is 0 Å². The van der Waals surface area contributed by atoms with E-state index in [1.807, 2.05) is 30.5 Å². The number of amides is 1. The van der Waals surface area contributed by atoms with Gasteiger partial charge in [0.15, 0.2) is 0 Å². The van der Waals surface area contributed by atoms with Crippen LogP contribution in [-0.2, 0) is 9.59 Å². The monoisotopic (exact) mass is 251 g/mol. The molecule has 1 amide bonds. The molecule has 0 saturated carbocycles. The average molecular weight is 251 g/mol. The number of para-hydroxylation sites is 1. The molecule has 1 aliphatic heterocycles. The molecule has 1 atom stereocenters. The lowest BCUT2D eigenvalue weighted by Crippen LogP contribution is -2.26. The fourth-order valence-electron chi connectivity index (χ4n) is 1.96. The van der Waals surface area contributed by atoms with Crippen molar-refractivity contribution in [3.8, 4) is 0 Å². The van der Waals surface area contributed by atoms with Gasteiger partial charge in [0.2, 0.25) is 5.91 Å². The number of hydrogen-bond acceptors (Lipinski definition) is 3. The third-order valence-corrected chi connectivity index (χ3v) is 3.64. The van der Waals surface area contributed by atoms with E-state index in [1.165, 1.54) is 0 Å². The lowest BCUT2D eigenvalue weighted by atomic mass is 10.1. The molecule has 0 unspecified atom stereocenters. The van der Waals surface area contributed by atoms with Crippen LogP contribution in [0.4, 0.5) is 5.69 Å². The minimum Gasteiger partial charge on any atom is -0.481 e. The van der Waals surface area contributed by atoms with E-state index in [9.17, 15) is 9.59 Å². The molecule has 17 heavy (non-hydrogen) atoms. The predicted molar refractivity (Wildman–Crippen MR) is 66.3 cm³/mol. The second-order valence-corrected chi connectivity index (χ2v) is 4.76. The molecule has 1 saturated heterocycles. The molecule has 0 bridgehead atoms. The Hall–Kier alpha value is -1.49. The Morgan fingerprint density at radius 3 is 2.76 bits per heavy atom. The Kier molecular flexibility index (Phi) is 3.38. The lowest BCUT2D eigenvalue weighted by Gasteiger charge is -2.18. The average Bonchev–Trinajstić information content (AvgIpc) is 2.71. The van der Waals surface area contributed by atoms with Crippen LogP contribution in [0.2, 0.25) is 0 Å². The molecule has 4 nitrogen and oxygen atoms in total. The van der Waals surface area contributed by atoms with Gasteiger partial charge in [-0.2, -0.15) is 0 Å². The molecule has 90 valence electrons. The first-order valence-electron chi connectivity index (χ1n) is 5.29. The Labute approximate surface area is 104 Å². The van der Waals surface area contributed by atoms with Gasteiger partial charge in [-0.05, 0) is 18.4 Å². The van der Waals surface area contributed by atoms with Gasteiger partial charge >= 0.3 is 5.97 Å². The summed E-state index contributed by atoms with van der Waals surface area (Å²) in [5.74, 6) is -1.60. The van der Waals surface area contributed by atoms with E-state index in [0.29, 0.717) is 0 Å². The first-order valence-corrected chi connectivity index (χ1v) is 6.52. The highest BCUT2D eigenvalue weighted by Gasteiger charge is 2.35. The zero-order valence-corrected chi connectivity index (χ0v) is 10.2. The van der Waals surface area contributed by atoms with Crippen LogP contribution in [0.25, 0.3) is 0 Å². The van der Waals surface area contributed by atoms with Gasteiger partial charge in [0.05, 0.1) is 11.6 Å². The number of hydrogen-bond donors (Lipinski definition) is 1. The molecule has 0 aliphatic carbocycles. The molecule has 0 spiro atoms. The van der Waals surface area contributed by atoms with Crippen molar-refractivity contribution in [2.45, 2.75) is 11.3 Å². The third-order valence-electron chi connectivity index (χ3n) is 2.85. The summed E-state index contributed by atoms with van der Waals surface area (Å²) in [6.45, 7) is 0.270. The molecular formula is C12H13NO3S. The van der Waals surface area contributed by atoms with Gasteiger partial charge in [-0.15, -0.1) is 11.8 Å². The smallest absolute Gasteiger partial charge is 0.308 e. The van der Waals surface area contributed by atoms with Crippen molar-refractivity contribution >= 4 is 29.3 Å². The maximum absolute atomic E-state index is 11.8. The summed E-state index contributed by atoms with van der Waals surface area (Å²) in [7, 11) is 0. The van der Waals surface area contributed by atoms with Crippen molar-refractivity contribution in [2.75, 3.05) is 17.7 Å². The van der Waals surface area contributed by atoms with Gasteiger partial charge in [-0.25, -0.2) is 0 Å². The Balaban J connectivity index is 2.29. The Morgan fingerprint density at radius 1 is 1.47 bits per heavy atom. The lowest BCUT2D eigenvalue weighted by molar-refractivity contribution is -0.141. The summed E-state index contributed by atoms with van der Waals surface area (Å²) in [6.07, 6.45) is 2.03. The molecule has 1 heterocycles. The number of benzene rings is 1. The highest BCUT2D eigenvalue weighted by Crippen LogP contribution is 2.32. The minimum absolute atomic E-state index is 0.0953.